The van der Waals surface area contributed by atoms with E-state index < -0.39 is 25.5 Å². The zero-order valence-electron chi connectivity index (χ0n) is 11.0. The summed E-state index contributed by atoms with van der Waals surface area (Å²) in [4.78, 5) is 9.75. The fraction of sp³-hybridized carbons (Fsp3) is 0.455. The summed E-state index contributed by atoms with van der Waals surface area (Å²) >= 11 is 3.09. The zero-order valence-corrected chi connectivity index (χ0v) is 13.4. The first kappa shape index (κ1) is 18.0. The van der Waals surface area contributed by atoms with Gasteiger partial charge in [-0.25, -0.2) is 13.1 Å². The lowest BCUT2D eigenvalue weighted by Crippen LogP contribution is -2.26. The summed E-state index contributed by atoms with van der Waals surface area (Å²) in [5.74, 6) is 0. The highest BCUT2D eigenvalue weighted by Gasteiger charge is 2.25. The highest BCUT2D eigenvalue weighted by atomic mass is 79.9. The summed E-state index contributed by atoms with van der Waals surface area (Å²) in [6.45, 7) is 0.445. The fourth-order valence-corrected chi connectivity index (χ4v) is 3.26. The van der Waals surface area contributed by atoms with Crippen molar-refractivity contribution in [3.8, 4) is 0 Å². The number of hydrogen-bond donors (Lipinski definition) is 2. The Kier molecular flexibility index (Phi) is 7.18. The molecule has 0 aromatic heterocycles. The summed E-state index contributed by atoms with van der Waals surface area (Å²) < 4.78 is 31.9. The maximum atomic E-state index is 12.1. The Bertz CT molecular complexity index is 592. The molecule has 1 rings (SSSR count). The lowest BCUT2D eigenvalue weighted by atomic mass is 10.3. The number of aliphatic hydroxyl groups excluding tert-OH is 1. The van der Waals surface area contributed by atoms with E-state index in [1.165, 1.54) is 12.1 Å². The number of sulfonamides is 1. The average Bonchev–Trinajstić information content (AvgIpc) is 2.42. The monoisotopic (exact) mass is 382 g/mol. The first-order valence-corrected chi connectivity index (χ1v) is 8.28. The lowest BCUT2D eigenvalue weighted by molar-refractivity contribution is -0.387. The molecule has 0 amide bonds. The summed E-state index contributed by atoms with van der Waals surface area (Å²) in [6.07, 6.45) is 0.390. The van der Waals surface area contributed by atoms with Crippen molar-refractivity contribution < 1.29 is 23.2 Å². The molecule has 0 spiro atoms. The van der Waals surface area contributed by atoms with Crippen LogP contribution in [0.25, 0.3) is 0 Å². The van der Waals surface area contributed by atoms with E-state index in [-0.39, 0.29) is 26.4 Å². The molecule has 0 atom stereocenters. The van der Waals surface area contributed by atoms with Gasteiger partial charge in [0.15, 0.2) is 4.90 Å². The molecule has 0 aliphatic rings. The molecular formula is C11H15BrN2O6S. The zero-order chi connectivity index (χ0) is 15.9. The minimum absolute atomic E-state index is 0.0808. The third-order valence-electron chi connectivity index (χ3n) is 2.40. The Balaban J connectivity index is 2.74. The highest BCUT2D eigenvalue weighted by molar-refractivity contribution is 9.10. The third kappa shape index (κ3) is 5.67. The summed E-state index contributed by atoms with van der Waals surface area (Å²) in [7, 11) is -3.98. The van der Waals surface area contributed by atoms with Gasteiger partial charge in [-0.3, -0.25) is 10.1 Å². The Labute approximate surface area is 130 Å². The molecule has 118 valence electrons. The minimum atomic E-state index is -3.98. The van der Waals surface area contributed by atoms with Crippen molar-refractivity contribution in [2.75, 3.05) is 26.4 Å². The maximum Gasteiger partial charge on any atom is 0.289 e. The van der Waals surface area contributed by atoms with E-state index in [1.807, 2.05) is 0 Å². The second-order valence-electron chi connectivity index (χ2n) is 3.96. The molecule has 1 aromatic carbocycles. The van der Waals surface area contributed by atoms with Gasteiger partial charge in [0.1, 0.15) is 0 Å². The van der Waals surface area contributed by atoms with Crippen molar-refractivity contribution in [1.29, 1.82) is 0 Å². The molecule has 0 bridgehead atoms. The molecule has 0 aliphatic heterocycles. The van der Waals surface area contributed by atoms with Gasteiger partial charge in [-0.15, -0.1) is 0 Å². The average molecular weight is 383 g/mol. The number of nitro groups is 1. The van der Waals surface area contributed by atoms with Gasteiger partial charge in [0.2, 0.25) is 10.0 Å². The number of benzene rings is 1. The van der Waals surface area contributed by atoms with Gasteiger partial charge in [-0.05, 0) is 18.6 Å². The molecule has 10 heteroatoms. The Morgan fingerprint density at radius 1 is 1.38 bits per heavy atom. The second-order valence-corrected chi connectivity index (χ2v) is 6.61. The van der Waals surface area contributed by atoms with Crippen LogP contribution in [-0.4, -0.2) is 44.8 Å². The van der Waals surface area contributed by atoms with Crippen molar-refractivity contribution in [2.45, 2.75) is 11.3 Å². The van der Waals surface area contributed by atoms with Gasteiger partial charge >= 0.3 is 0 Å². The molecule has 0 unspecified atom stereocenters. The molecule has 0 aliphatic carbocycles. The van der Waals surface area contributed by atoms with E-state index in [1.54, 1.807) is 0 Å². The smallest absolute Gasteiger partial charge is 0.289 e. The molecule has 21 heavy (non-hydrogen) atoms. The Hall–Kier alpha value is -1.07. The summed E-state index contributed by atoms with van der Waals surface area (Å²) in [5.41, 5.74) is -0.484. The van der Waals surface area contributed by atoms with Crippen molar-refractivity contribution >= 4 is 31.6 Å². The van der Waals surface area contributed by atoms with Gasteiger partial charge < -0.3 is 9.84 Å². The molecule has 1 aromatic rings. The standard InChI is InChI=1S/C11H15BrN2O6S/c12-9-2-3-10(14(16)17)11(8-9)21(18,19)13-4-1-6-20-7-5-15/h2-3,8,13,15H,1,4-7H2. The number of aliphatic hydroxyl groups is 1. The van der Waals surface area contributed by atoms with Crippen LogP contribution in [0.15, 0.2) is 27.6 Å². The maximum absolute atomic E-state index is 12.1. The van der Waals surface area contributed by atoms with E-state index in [4.69, 9.17) is 9.84 Å². The molecular weight excluding hydrogens is 368 g/mol. The predicted molar refractivity (Wildman–Crippen MR) is 78.5 cm³/mol. The summed E-state index contributed by atoms with van der Waals surface area (Å²) in [5, 5.41) is 19.4. The van der Waals surface area contributed by atoms with E-state index in [0.29, 0.717) is 10.9 Å². The van der Waals surface area contributed by atoms with Crippen molar-refractivity contribution in [2.24, 2.45) is 0 Å². The molecule has 0 fully saturated rings. The van der Waals surface area contributed by atoms with Gasteiger partial charge in [0.25, 0.3) is 5.69 Å². The third-order valence-corrected chi connectivity index (χ3v) is 4.38. The fourth-order valence-electron chi connectivity index (χ4n) is 1.48. The largest absolute Gasteiger partial charge is 0.394 e. The van der Waals surface area contributed by atoms with E-state index in [2.05, 4.69) is 20.7 Å². The van der Waals surface area contributed by atoms with Crippen LogP contribution in [0.1, 0.15) is 6.42 Å². The van der Waals surface area contributed by atoms with Crippen LogP contribution in [-0.2, 0) is 14.8 Å². The van der Waals surface area contributed by atoms with E-state index >= 15 is 0 Å². The SMILES string of the molecule is O=[N+]([O-])c1ccc(Br)cc1S(=O)(=O)NCCCOCCO. The Morgan fingerprint density at radius 2 is 2.10 bits per heavy atom. The normalized spacial score (nSPS) is 11.5. The predicted octanol–water partition coefficient (Wildman–Crippen LogP) is 1.03. The molecule has 0 saturated heterocycles. The topological polar surface area (TPSA) is 119 Å². The van der Waals surface area contributed by atoms with Gasteiger partial charge in [-0.1, -0.05) is 15.9 Å². The quantitative estimate of drug-likeness (QED) is 0.374. The van der Waals surface area contributed by atoms with E-state index in [9.17, 15) is 18.5 Å². The number of hydrogen-bond acceptors (Lipinski definition) is 6. The highest BCUT2D eigenvalue weighted by Crippen LogP contribution is 2.26. The van der Waals surface area contributed by atoms with Crippen LogP contribution in [0.2, 0.25) is 0 Å². The number of rotatable bonds is 9. The molecule has 8 nitrogen and oxygen atoms in total. The lowest BCUT2D eigenvalue weighted by Gasteiger charge is -2.08. The van der Waals surface area contributed by atoms with Crippen LogP contribution in [0, 0.1) is 10.1 Å². The van der Waals surface area contributed by atoms with Crippen molar-refractivity contribution in [1.82, 2.24) is 4.72 Å². The first-order valence-electron chi connectivity index (χ1n) is 6.00. The molecule has 0 saturated carbocycles. The van der Waals surface area contributed by atoms with Crippen LogP contribution in [0.4, 0.5) is 5.69 Å². The van der Waals surface area contributed by atoms with Crippen LogP contribution >= 0.6 is 15.9 Å². The second kappa shape index (κ2) is 8.39. The van der Waals surface area contributed by atoms with Gasteiger partial charge in [0.05, 0.1) is 18.1 Å². The van der Waals surface area contributed by atoms with Gasteiger partial charge in [0, 0.05) is 23.7 Å². The number of halogens is 1. The number of nitrogens with zero attached hydrogens (tertiary/aromatic N) is 1. The molecule has 0 radical (unpaired) electrons. The van der Waals surface area contributed by atoms with Crippen LogP contribution in [0.5, 0.6) is 0 Å². The van der Waals surface area contributed by atoms with Crippen molar-refractivity contribution in [3.05, 3.63) is 32.8 Å². The Morgan fingerprint density at radius 3 is 2.71 bits per heavy atom. The number of nitrogens with one attached hydrogen (secondary N) is 1. The summed E-state index contributed by atoms with van der Waals surface area (Å²) in [6, 6.07) is 3.71. The number of ether oxygens (including phenoxy) is 1. The molecule has 0 heterocycles. The first-order chi connectivity index (χ1) is 9.88. The van der Waals surface area contributed by atoms with E-state index in [0.717, 1.165) is 6.07 Å². The minimum Gasteiger partial charge on any atom is -0.394 e. The van der Waals surface area contributed by atoms with Gasteiger partial charge in [-0.2, -0.15) is 0 Å². The van der Waals surface area contributed by atoms with Crippen LogP contribution < -0.4 is 4.72 Å². The van der Waals surface area contributed by atoms with Crippen LogP contribution in [0.3, 0.4) is 0 Å². The number of nitro benzene ring substituents is 1. The van der Waals surface area contributed by atoms with Crippen molar-refractivity contribution in [3.63, 3.8) is 0 Å². The molecule has 2 N–H and O–H groups in total.